The molecule has 1 aromatic rings. The van der Waals surface area contributed by atoms with Crippen molar-refractivity contribution in [3.8, 4) is 11.5 Å². The first-order chi connectivity index (χ1) is 8.93. The zero-order valence-electron chi connectivity index (χ0n) is 10.9. The summed E-state index contributed by atoms with van der Waals surface area (Å²) in [6.45, 7) is 4.04. The quantitative estimate of drug-likeness (QED) is 0.631. The van der Waals surface area contributed by atoms with E-state index in [2.05, 4.69) is 10.6 Å². The zero-order chi connectivity index (χ0) is 14.4. The van der Waals surface area contributed by atoms with Crippen molar-refractivity contribution in [2.75, 3.05) is 6.54 Å². The first-order valence-electron chi connectivity index (χ1n) is 6.05. The molecule has 0 heterocycles. The summed E-state index contributed by atoms with van der Waals surface area (Å²) in [5.74, 6) is -1.24. The lowest BCUT2D eigenvalue weighted by atomic mass is 10.1. The Labute approximate surface area is 111 Å². The highest BCUT2D eigenvalue weighted by atomic mass is 16.3. The highest BCUT2D eigenvalue weighted by molar-refractivity contribution is 5.98. The number of nitrogens with one attached hydrogen (secondary N) is 2. The van der Waals surface area contributed by atoms with E-state index in [1.807, 2.05) is 6.92 Å². The van der Waals surface area contributed by atoms with Crippen molar-refractivity contribution in [2.45, 2.75) is 26.3 Å². The molecule has 4 N–H and O–H groups in total. The maximum atomic E-state index is 11.8. The third-order valence-electron chi connectivity index (χ3n) is 2.45. The lowest BCUT2D eigenvalue weighted by molar-refractivity contribution is -0.122. The average Bonchev–Trinajstić information content (AvgIpc) is 2.34. The van der Waals surface area contributed by atoms with Gasteiger partial charge < -0.3 is 20.8 Å². The van der Waals surface area contributed by atoms with Gasteiger partial charge in [0, 0.05) is 18.2 Å². The number of carbonyl (C=O) groups excluding carboxylic acids is 2. The molecule has 0 aliphatic heterocycles. The van der Waals surface area contributed by atoms with E-state index in [0.29, 0.717) is 6.54 Å². The van der Waals surface area contributed by atoms with Crippen LogP contribution >= 0.6 is 0 Å². The van der Waals surface area contributed by atoms with Crippen LogP contribution in [0.5, 0.6) is 11.5 Å². The van der Waals surface area contributed by atoms with Crippen LogP contribution in [0.4, 0.5) is 0 Å². The molecule has 0 radical (unpaired) electrons. The molecule has 0 fully saturated rings. The molecular formula is C13H18N2O4. The van der Waals surface area contributed by atoms with Crippen LogP contribution in [0.15, 0.2) is 18.2 Å². The Morgan fingerprint density at radius 2 is 1.79 bits per heavy atom. The molecule has 0 saturated carbocycles. The third kappa shape index (κ3) is 4.50. The third-order valence-corrected chi connectivity index (χ3v) is 2.45. The maximum Gasteiger partial charge on any atom is 0.252 e. The summed E-state index contributed by atoms with van der Waals surface area (Å²) in [5, 5.41) is 23.7. The van der Waals surface area contributed by atoms with Crippen LogP contribution in [-0.2, 0) is 4.79 Å². The van der Waals surface area contributed by atoms with E-state index in [4.69, 9.17) is 0 Å². The van der Waals surface area contributed by atoms with E-state index in [1.54, 1.807) is 6.92 Å². The molecule has 0 aliphatic rings. The van der Waals surface area contributed by atoms with Crippen molar-refractivity contribution in [3.05, 3.63) is 23.8 Å². The van der Waals surface area contributed by atoms with Crippen LogP contribution < -0.4 is 10.6 Å². The van der Waals surface area contributed by atoms with Crippen LogP contribution in [0, 0.1) is 0 Å². The number of amides is 2. The summed E-state index contributed by atoms with van der Waals surface area (Å²) in [7, 11) is 0. The first-order valence-corrected chi connectivity index (χ1v) is 6.05. The van der Waals surface area contributed by atoms with Gasteiger partial charge in [-0.05, 0) is 25.5 Å². The van der Waals surface area contributed by atoms with Crippen molar-refractivity contribution in [1.82, 2.24) is 10.6 Å². The van der Waals surface area contributed by atoms with Gasteiger partial charge in [0.15, 0.2) is 0 Å². The molecule has 1 rings (SSSR count). The van der Waals surface area contributed by atoms with Crippen molar-refractivity contribution in [3.63, 3.8) is 0 Å². The lowest BCUT2D eigenvalue weighted by Gasteiger charge is -2.14. The Kier molecular flexibility index (Phi) is 5.17. The number of benzene rings is 1. The van der Waals surface area contributed by atoms with Gasteiger partial charge in [-0.25, -0.2) is 0 Å². The van der Waals surface area contributed by atoms with Crippen LogP contribution in [-0.4, -0.2) is 34.6 Å². The fraction of sp³-hybridized carbons (Fsp3) is 0.385. The minimum Gasteiger partial charge on any atom is -0.508 e. The molecule has 2 amide bonds. The molecule has 104 valence electrons. The minimum absolute atomic E-state index is 0.0904. The van der Waals surface area contributed by atoms with E-state index in [-0.39, 0.29) is 23.0 Å². The summed E-state index contributed by atoms with van der Waals surface area (Å²) in [4.78, 5) is 23.4. The molecule has 19 heavy (non-hydrogen) atoms. The number of carbonyl (C=O) groups is 2. The largest absolute Gasteiger partial charge is 0.508 e. The highest BCUT2D eigenvalue weighted by Gasteiger charge is 2.16. The van der Waals surface area contributed by atoms with E-state index in [9.17, 15) is 19.8 Å². The highest BCUT2D eigenvalue weighted by Crippen LogP contribution is 2.20. The Morgan fingerprint density at radius 3 is 2.32 bits per heavy atom. The molecule has 1 atom stereocenters. The van der Waals surface area contributed by atoms with Gasteiger partial charge in [-0.2, -0.15) is 0 Å². The van der Waals surface area contributed by atoms with Gasteiger partial charge in [0.2, 0.25) is 5.91 Å². The molecule has 1 aromatic carbocycles. The molecule has 0 aromatic heterocycles. The summed E-state index contributed by atoms with van der Waals surface area (Å²) in [5.41, 5.74) is 0.0904. The average molecular weight is 266 g/mol. The Hall–Kier alpha value is -2.24. The summed E-state index contributed by atoms with van der Waals surface area (Å²) < 4.78 is 0. The summed E-state index contributed by atoms with van der Waals surface area (Å²) in [6, 6.07) is 2.86. The van der Waals surface area contributed by atoms with Gasteiger partial charge >= 0.3 is 0 Å². The fourth-order valence-corrected chi connectivity index (χ4v) is 1.47. The van der Waals surface area contributed by atoms with Crippen LogP contribution in [0.2, 0.25) is 0 Å². The Morgan fingerprint density at radius 1 is 1.21 bits per heavy atom. The topological polar surface area (TPSA) is 98.7 Å². The number of hydrogen-bond donors (Lipinski definition) is 4. The van der Waals surface area contributed by atoms with Gasteiger partial charge in [0.25, 0.3) is 5.91 Å². The van der Waals surface area contributed by atoms with Crippen LogP contribution in [0.1, 0.15) is 30.6 Å². The monoisotopic (exact) mass is 266 g/mol. The molecule has 0 saturated heterocycles. The zero-order valence-corrected chi connectivity index (χ0v) is 10.9. The molecule has 6 nitrogen and oxygen atoms in total. The van der Waals surface area contributed by atoms with E-state index in [1.165, 1.54) is 12.1 Å². The molecule has 1 unspecified atom stereocenters. The molecular weight excluding hydrogens is 248 g/mol. The standard InChI is InChI=1S/C13H18N2O4/c1-3-4-14-12(18)8(2)15-13(19)9-5-10(16)7-11(17)6-9/h5-8,16-17H,3-4H2,1-2H3,(H,14,18)(H,15,19). The second-order valence-corrected chi connectivity index (χ2v) is 4.22. The van der Waals surface area contributed by atoms with Crippen molar-refractivity contribution in [1.29, 1.82) is 0 Å². The molecule has 6 heteroatoms. The molecule has 0 bridgehead atoms. The van der Waals surface area contributed by atoms with Gasteiger partial charge in [0.05, 0.1) is 0 Å². The maximum absolute atomic E-state index is 11.8. The SMILES string of the molecule is CCCNC(=O)C(C)NC(=O)c1cc(O)cc(O)c1. The fourth-order valence-electron chi connectivity index (χ4n) is 1.47. The predicted octanol–water partition coefficient (Wildman–Crippen LogP) is 0.742. The minimum atomic E-state index is -0.691. The van der Waals surface area contributed by atoms with E-state index in [0.717, 1.165) is 12.5 Å². The van der Waals surface area contributed by atoms with Crippen molar-refractivity contribution in [2.24, 2.45) is 0 Å². The summed E-state index contributed by atoms with van der Waals surface area (Å²) in [6.07, 6.45) is 0.812. The number of rotatable bonds is 5. The van der Waals surface area contributed by atoms with E-state index < -0.39 is 11.9 Å². The van der Waals surface area contributed by atoms with Gasteiger partial charge in [0.1, 0.15) is 17.5 Å². The number of phenols is 2. The van der Waals surface area contributed by atoms with Gasteiger partial charge in [-0.1, -0.05) is 6.92 Å². The molecule has 0 spiro atoms. The second-order valence-electron chi connectivity index (χ2n) is 4.22. The molecule has 0 aliphatic carbocycles. The van der Waals surface area contributed by atoms with E-state index >= 15 is 0 Å². The number of aromatic hydroxyl groups is 2. The van der Waals surface area contributed by atoms with Gasteiger partial charge in [-0.15, -0.1) is 0 Å². The second kappa shape index (κ2) is 6.63. The number of hydrogen-bond acceptors (Lipinski definition) is 4. The van der Waals surface area contributed by atoms with Gasteiger partial charge in [-0.3, -0.25) is 9.59 Å². The Balaban J connectivity index is 2.66. The van der Waals surface area contributed by atoms with Crippen LogP contribution in [0.25, 0.3) is 0 Å². The van der Waals surface area contributed by atoms with Crippen molar-refractivity contribution >= 4 is 11.8 Å². The van der Waals surface area contributed by atoms with Crippen LogP contribution in [0.3, 0.4) is 0 Å². The Bertz CT molecular complexity index is 453. The summed E-state index contributed by atoms with van der Waals surface area (Å²) >= 11 is 0. The smallest absolute Gasteiger partial charge is 0.252 e. The lowest BCUT2D eigenvalue weighted by Crippen LogP contribution is -2.44. The van der Waals surface area contributed by atoms with Crippen molar-refractivity contribution < 1.29 is 19.8 Å². The first kappa shape index (κ1) is 14.8. The normalized spacial score (nSPS) is 11.7. The number of phenolic OH excluding ortho intramolecular Hbond substituents is 2. The predicted molar refractivity (Wildman–Crippen MR) is 70.0 cm³/mol.